The lowest BCUT2D eigenvalue weighted by Gasteiger charge is -2.15. The Balaban J connectivity index is 3.39. The van der Waals surface area contributed by atoms with Crippen LogP contribution < -0.4 is 27.0 Å². The van der Waals surface area contributed by atoms with Crippen LogP contribution in [0.25, 0.3) is 0 Å². The second-order valence-corrected chi connectivity index (χ2v) is 4.29. The lowest BCUT2D eigenvalue weighted by Crippen LogP contribution is -2.48. The summed E-state index contributed by atoms with van der Waals surface area (Å²) in [7, 11) is 3.63. The molecule has 0 aliphatic carbocycles. The van der Waals surface area contributed by atoms with Crippen molar-refractivity contribution in [3.05, 3.63) is 0 Å². The molecule has 1 amide bonds. The highest BCUT2D eigenvalue weighted by molar-refractivity contribution is 5.81. The van der Waals surface area contributed by atoms with E-state index in [9.17, 15) is 4.79 Å². The first kappa shape index (κ1) is 17.3. The van der Waals surface area contributed by atoms with Crippen molar-refractivity contribution in [1.82, 2.24) is 21.3 Å². The van der Waals surface area contributed by atoms with E-state index < -0.39 is 0 Å². The highest BCUT2D eigenvalue weighted by Crippen LogP contribution is 1.84. The zero-order valence-corrected chi connectivity index (χ0v) is 11.7. The molecule has 0 radical (unpaired) electrons. The monoisotopic (exact) mass is 259 g/mol. The van der Waals surface area contributed by atoms with Crippen LogP contribution in [-0.4, -0.2) is 58.8 Å². The van der Waals surface area contributed by atoms with Gasteiger partial charge in [0, 0.05) is 13.1 Å². The van der Waals surface area contributed by atoms with Gasteiger partial charge in [0.05, 0.1) is 6.04 Å². The zero-order chi connectivity index (χ0) is 13.6. The molecule has 0 rings (SSSR count). The van der Waals surface area contributed by atoms with Crippen LogP contribution in [-0.2, 0) is 4.79 Å². The molecule has 0 heterocycles. The van der Waals surface area contributed by atoms with Gasteiger partial charge in [0.1, 0.15) is 0 Å². The number of hydrogen-bond donors (Lipinski definition) is 5. The topological polar surface area (TPSA) is 91.2 Å². The fraction of sp³-hybridized carbons (Fsp3) is 0.917. The van der Waals surface area contributed by atoms with Crippen molar-refractivity contribution < 1.29 is 4.79 Å². The Bertz CT molecular complexity index is 201. The van der Waals surface area contributed by atoms with E-state index in [-0.39, 0.29) is 11.9 Å². The average molecular weight is 259 g/mol. The van der Waals surface area contributed by atoms with E-state index in [1.807, 2.05) is 7.05 Å². The lowest BCUT2D eigenvalue weighted by molar-refractivity contribution is -0.122. The Morgan fingerprint density at radius 3 is 2.44 bits per heavy atom. The van der Waals surface area contributed by atoms with E-state index in [0.29, 0.717) is 13.1 Å². The summed E-state index contributed by atoms with van der Waals surface area (Å²) in [5, 5.41) is 12.2. The smallest absolute Gasteiger partial charge is 0.238 e. The fourth-order valence-corrected chi connectivity index (χ4v) is 1.60. The molecule has 108 valence electrons. The van der Waals surface area contributed by atoms with Crippen LogP contribution in [0.15, 0.2) is 0 Å². The summed E-state index contributed by atoms with van der Waals surface area (Å²) in [6.07, 6.45) is 3.13. The molecule has 0 aromatic carbocycles. The molecule has 0 bridgehead atoms. The summed E-state index contributed by atoms with van der Waals surface area (Å²) in [5.41, 5.74) is 5.40. The summed E-state index contributed by atoms with van der Waals surface area (Å²) < 4.78 is 0. The van der Waals surface area contributed by atoms with Crippen molar-refractivity contribution in [2.75, 3.05) is 46.8 Å². The number of rotatable bonds is 12. The van der Waals surface area contributed by atoms with E-state index in [0.717, 1.165) is 38.9 Å². The van der Waals surface area contributed by atoms with Crippen molar-refractivity contribution in [3.8, 4) is 0 Å². The molecule has 1 unspecified atom stereocenters. The quantitative estimate of drug-likeness (QED) is 0.279. The normalized spacial score (nSPS) is 12.4. The fourth-order valence-electron chi connectivity index (χ4n) is 1.60. The van der Waals surface area contributed by atoms with E-state index in [2.05, 4.69) is 21.3 Å². The largest absolute Gasteiger partial charge is 0.355 e. The summed E-state index contributed by atoms with van der Waals surface area (Å²) in [6, 6.07) is -0.160. The molecule has 0 aromatic rings. The van der Waals surface area contributed by atoms with Gasteiger partial charge in [-0.05, 0) is 53.0 Å². The van der Waals surface area contributed by atoms with Gasteiger partial charge in [0.2, 0.25) is 5.91 Å². The summed E-state index contributed by atoms with van der Waals surface area (Å²) in [5.74, 6) is 0.0509. The van der Waals surface area contributed by atoms with Gasteiger partial charge in [-0.3, -0.25) is 4.79 Å². The van der Waals surface area contributed by atoms with Gasteiger partial charge in [-0.2, -0.15) is 0 Å². The maximum atomic E-state index is 11.7. The number of hydrogen-bond acceptors (Lipinski definition) is 5. The first-order valence-corrected chi connectivity index (χ1v) is 6.76. The molecular weight excluding hydrogens is 230 g/mol. The van der Waals surface area contributed by atoms with Crippen LogP contribution in [0.3, 0.4) is 0 Å². The van der Waals surface area contributed by atoms with Crippen molar-refractivity contribution in [3.63, 3.8) is 0 Å². The van der Waals surface area contributed by atoms with Crippen LogP contribution >= 0.6 is 0 Å². The van der Waals surface area contributed by atoms with Crippen LogP contribution in [0, 0.1) is 0 Å². The Morgan fingerprint density at radius 2 is 1.83 bits per heavy atom. The third-order valence-corrected chi connectivity index (χ3v) is 2.71. The maximum absolute atomic E-state index is 11.7. The number of carbonyl (C=O) groups excluding carboxylic acids is 1. The van der Waals surface area contributed by atoms with Gasteiger partial charge in [-0.1, -0.05) is 0 Å². The first-order valence-electron chi connectivity index (χ1n) is 6.76. The van der Waals surface area contributed by atoms with Crippen molar-refractivity contribution >= 4 is 5.91 Å². The van der Waals surface area contributed by atoms with Gasteiger partial charge in [-0.15, -0.1) is 0 Å². The Morgan fingerprint density at radius 1 is 1.11 bits per heavy atom. The van der Waals surface area contributed by atoms with E-state index >= 15 is 0 Å². The molecule has 6 nitrogen and oxygen atoms in total. The SMILES string of the molecule is CNCC(NC)C(=O)NCCCNCCCCN. The van der Waals surface area contributed by atoms with Gasteiger partial charge in [0.25, 0.3) is 0 Å². The number of likely N-dealkylation sites (N-methyl/N-ethyl adjacent to an activating group) is 2. The van der Waals surface area contributed by atoms with Gasteiger partial charge >= 0.3 is 0 Å². The van der Waals surface area contributed by atoms with Gasteiger partial charge in [0.15, 0.2) is 0 Å². The van der Waals surface area contributed by atoms with Gasteiger partial charge < -0.3 is 27.0 Å². The highest BCUT2D eigenvalue weighted by Gasteiger charge is 2.13. The van der Waals surface area contributed by atoms with E-state index in [1.165, 1.54) is 0 Å². The second-order valence-electron chi connectivity index (χ2n) is 4.29. The predicted molar refractivity (Wildman–Crippen MR) is 75.6 cm³/mol. The van der Waals surface area contributed by atoms with Crippen LogP contribution in [0.1, 0.15) is 19.3 Å². The molecule has 0 aromatic heterocycles. The van der Waals surface area contributed by atoms with Crippen LogP contribution in [0.4, 0.5) is 0 Å². The molecule has 0 aliphatic heterocycles. The Hall–Kier alpha value is -0.690. The van der Waals surface area contributed by atoms with Crippen LogP contribution in [0.2, 0.25) is 0 Å². The van der Waals surface area contributed by atoms with E-state index in [1.54, 1.807) is 7.05 Å². The third kappa shape index (κ3) is 9.35. The molecule has 0 aliphatic rings. The lowest BCUT2D eigenvalue weighted by atomic mass is 10.2. The molecule has 0 fully saturated rings. The summed E-state index contributed by atoms with van der Waals surface area (Å²) in [4.78, 5) is 11.7. The second kappa shape index (κ2) is 12.8. The maximum Gasteiger partial charge on any atom is 0.238 e. The van der Waals surface area contributed by atoms with Crippen molar-refractivity contribution in [1.29, 1.82) is 0 Å². The number of amides is 1. The minimum atomic E-state index is -0.160. The number of nitrogens with two attached hydrogens (primary N) is 1. The molecular formula is C12H29N5O. The molecule has 0 spiro atoms. The average Bonchev–Trinajstić information content (AvgIpc) is 2.38. The molecule has 0 saturated heterocycles. The minimum absolute atomic E-state index is 0.0509. The standard InChI is InChI=1S/C12H29N5O/c1-14-10-11(15-2)12(18)17-9-5-8-16-7-4-3-6-13/h11,14-16H,3-10,13H2,1-2H3,(H,17,18). The number of unbranched alkanes of at least 4 members (excludes halogenated alkanes) is 1. The molecule has 6 N–H and O–H groups in total. The van der Waals surface area contributed by atoms with Crippen LogP contribution in [0.5, 0.6) is 0 Å². The van der Waals surface area contributed by atoms with E-state index in [4.69, 9.17) is 5.73 Å². The molecule has 6 heteroatoms. The molecule has 1 atom stereocenters. The summed E-state index contributed by atoms with van der Waals surface area (Å²) in [6.45, 7) is 4.05. The molecule has 18 heavy (non-hydrogen) atoms. The first-order chi connectivity index (χ1) is 8.76. The summed E-state index contributed by atoms with van der Waals surface area (Å²) >= 11 is 0. The zero-order valence-electron chi connectivity index (χ0n) is 11.7. The van der Waals surface area contributed by atoms with Crippen molar-refractivity contribution in [2.45, 2.75) is 25.3 Å². The minimum Gasteiger partial charge on any atom is -0.355 e. The van der Waals surface area contributed by atoms with Gasteiger partial charge in [-0.25, -0.2) is 0 Å². The number of nitrogens with one attached hydrogen (secondary N) is 4. The third-order valence-electron chi connectivity index (χ3n) is 2.71. The predicted octanol–water partition coefficient (Wildman–Crippen LogP) is -1.37. The van der Waals surface area contributed by atoms with Crippen molar-refractivity contribution in [2.24, 2.45) is 5.73 Å². The Kier molecular flexibility index (Phi) is 12.3. The number of carbonyl (C=O) groups is 1. The highest BCUT2D eigenvalue weighted by atomic mass is 16.2. The Labute approximate surface area is 110 Å². The molecule has 0 saturated carbocycles.